The quantitative estimate of drug-likeness (QED) is 0.552. The zero-order chi connectivity index (χ0) is 19.8. The van der Waals surface area contributed by atoms with Crippen molar-refractivity contribution in [1.29, 1.82) is 0 Å². The summed E-state index contributed by atoms with van der Waals surface area (Å²) in [5.41, 5.74) is 5.81. The SMILES string of the molecule is Cn1c(C(Cc2ccccc2)NC(=O)c2n[nH]c3c2CCC3)nc2ccccc21. The number of aryl methyl sites for hydroxylation is 2. The Kier molecular flexibility index (Phi) is 4.39. The van der Waals surface area contributed by atoms with Gasteiger partial charge < -0.3 is 9.88 Å². The molecule has 2 heterocycles. The number of carbonyl (C=O) groups excluding carboxylic acids is 1. The Labute approximate surface area is 169 Å². The number of aromatic amines is 1. The number of H-pyrrole nitrogens is 1. The number of aromatic nitrogens is 4. The highest BCUT2D eigenvalue weighted by molar-refractivity contribution is 5.94. The van der Waals surface area contributed by atoms with E-state index >= 15 is 0 Å². The fraction of sp³-hybridized carbons (Fsp3) is 0.261. The predicted molar refractivity (Wildman–Crippen MR) is 112 cm³/mol. The second-order valence-electron chi connectivity index (χ2n) is 7.62. The summed E-state index contributed by atoms with van der Waals surface area (Å²) >= 11 is 0. The second kappa shape index (κ2) is 7.20. The van der Waals surface area contributed by atoms with E-state index in [-0.39, 0.29) is 11.9 Å². The Morgan fingerprint density at radius 3 is 2.76 bits per heavy atom. The van der Waals surface area contributed by atoms with Gasteiger partial charge >= 0.3 is 0 Å². The Balaban J connectivity index is 1.51. The summed E-state index contributed by atoms with van der Waals surface area (Å²) in [5, 5.41) is 10.5. The average molecular weight is 385 g/mol. The van der Waals surface area contributed by atoms with Crippen LogP contribution in [-0.2, 0) is 26.3 Å². The van der Waals surface area contributed by atoms with Crippen LogP contribution in [-0.4, -0.2) is 25.7 Å². The van der Waals surface area contributed by atoms with Crippen LogP contribution < -0.4 is 5.32 Å². The number of carbonyl (C=O) groups is 1. The lowest BCUT2D eigenvalue weighted by Gasteiger charge is -2.19. The molecule has 6 nitrogen and oxygen atoms in total. The van der Waals surface area contributed by atoms with Crippen LogP contribution >= 0.6 is 0 Å². The lowest BCUT2D eigenvalue weighted by molar-refractivity contribution is 0.0928. The molecule has 4 aromatic rings. The third-order valence-corrected chi connectivity index (χ3v) is 5.74. The predicted octanol–water partition coefficient (Wildman–Crippen LogP) is 3.50. The molecular weight excluding hydrogens is 362 g/mol. The molecule has 1 aliphatic rings. The summed E-state index contributed by atoms with van der Waals surface area (Å²) in [6, 6.07) is 18.0. The molecule has 0 spiro atoms. The Morgan fingerprint density at radius 1 is 1.14 bits per heavy atom. The van der Waals surface area contributed by atoms with Gasteiger partial charge in [0.05, 0.1) is 17.1 Å². The van der Waals surface area contributed by atoms with E-state index in [1.165, 1.54) is 0 Å². The minimum atomic E-state index is -0.254. The number of benzene rings is 2. The van der Waals surface area contributed by atoms with Gasteiger partial charge in [-0.1, -0.05) is 42.5 Å². The molecule has 0 saturated carbocycles. The van der Waals surface area contributed by atoms with E-state index in [4.69, 9.17) is 4.98 Å². The van der Waals surface area contributed by atoms with Crippen LogP contribution in [0.5, 0.6) is 0 Å². The molecule has 2 aromatic heterocycles. The maximum atomic E-state index is 13.1. The molecule has 6 heteroatoms. The number of hydrogen-bond donors (Lipinski definition) is 2. The van der Waals surface area contributed by atoms with Gasteiger partial charge in [-0.25, -0.2) is 4.98 Å². The molecular formula is C23H23N5O. The fourth-order valence-electron chi connectivity index (χ4n) is 4.27. The third-order valence-electron chi connectivity index (χ3n) is 5.74. The number of rotatable bonds is 5. The third kappa shape index (κ3) is 3.20. The molecule has 0 saturated heterocycles. The van der Waals surface area contributed by atoms with Crippen molar-refractivity contribution in [3.8, 4) is 0 Å². The molecule has 0 aliphatic heterocycles. The Hall–Kier alpha value is -3.41. The first-order valence-electron chi connectivity index (χ1n) is 10.0. The molecule has 2 N–H and O–H groups in total. The van der Waals surface area contributed by atoms with Gasteiger partial charge in [-0.05, 0) is 43.4 Å². The number of hydrogen-bond acceptors (Lipinski definition) is 3. The molecule has 1 aliphatic carbocycles. The van der Waals surface area contributed by atoms with E-state index in [0.29, 0.717) is 12.1 Å². The van der Waals surface area contributed by atoms with E-state index < -0.39 is 0 Å². The van der Waals surface area contributed by atoms with E-state index in [0.717, 1.165) is 52.9 Å². The summed E-state index contributed by atoms with van der Waals surface area (Å²) in [4.78, 5) is 18.0. The molecule has 0 bridgehead atoms. The van der Waals surface area contributed by atoms with E-state index in [1.54, 1.807) is 0 Å². The molecule has 1 amide bonds. The lowest BCUT2D eigenvalue weighted by atomic mass is 10.0. The lowest BCUT2D eigenvalue weighted by Crippen LogP contribution is -2.32. The highest BCUT2D eigenvalue weighted by atomic mass is 16.2. The first-order chi connectivity index (χ1) is 14.2. The van der Waals surface area contributed by atoms with Crippen molar-refractivity contribution in [2.75, 3.05) is 0 Å². The standard InChI is InChI=1S/C23H23N5O/c1-28-20-13-6-5-11-18(20)24-22(28)19(14-15-8-3-2-4-9-15)25-23(29)21-16-10-7-12-17(16)26-27-21/h2-6,8-9,11,13,19H,7,10,12,14H2,1H3,(H,25,29)(H,26,27). The number of fused-ring (bicyclic) bond motifs is 2. The van der Waals surface area contributed by atoms with Crippen molar-refractivity contribution in [2.24, 2.45) is 7.05 Å². The molecule has 1 unspecified atom stereocenters. The number of amides is 1. The molecule has 0 radical (unpaired) electrons. The van der Waals surface area contributed by atoms with Gasteiger partial charge in [0.1, 0.15) is 5.82 Å². The second-order valence-corrected chi connectivity index (χ2v) is 7.62. The first kappa shape index (κ1) is 17.7. The topological polar surface area (TPSA) is 75.6 Å². The molecule has 146 valence electrons. The Bertz CT molecular complexity index is 1170. The van der Waals surface area contributed by atoms with Gasteiger partial charge in [-0.15, -0.1) is 0 Å². The summed E-state index contributed by atoms with van der Waals surface area (Å²) in [7, 11) is 2.00. The summed E-state index contributed by atoms with van der Waals surface area (Å²) in [6.45, 7) is 0. The van der Waals surface area contributed by atoms with E-state index in [9.17, 15) is 4.79 Å². The summed E-state index contributed by atoms with van der Waals surface area (Å²) in [6.07, 6.45) is 3.61. The minimum Gasteiger partial charge on any atom is -0.340 e. The minimum absolute atomic E-state index is 0.141. The number of para-hydroxylation sites is 2. The van der Waals surface area contributed by atoms with Gasteiger partial charge in [0.2, 0.25) is 0 Å². The number of nitrogens with zero attached hydrogens (tertiary/aromatic N) is 3. The van der Waals surface area contributed by atoms with Crippen molar-refractivity contribution >= 4 is 16.9 Å². The van der Waals surface area contributed by atoms with Gasteiger partial charge in [0.15, 0.2) is 5.69 Å². The van der Waals surface area contributed by atoms with Crippen LogP contribution in [0.3, 0.4) is 0 Å². The smallest absolute Gasteiger partial charge is 0.272 e. The highest BCUT2D eigenvalue weighted by Crippen LogP contribution is 2.25. The molecule has 5 rings (SSSR count). The number of nitrogens with one attached hydrogen (secondary N) is 2. The van der Waals surface area contributed by atoms with E-state index in [2.05, 4.69) is 32.2 Å². The fourth-order valence-corrected chi connectivity index (χ4v) is 4.27. The summed E-state index contributed by atoms with van der Waals surface area (Å²) in [5.74, 6) is 0.702. The maximum absolute atomic E-state index is 13.1. The average Bonchev–Trinajstić information content (AvgIpc) is 3.43. The molecule has 0 fully saturated rings. The maximum Gasteiger partial charge on any atom is 0.272 e. The largest absolute Gasteiger partial charge is 0.340 e. The molecule has 29 heavy (non-hydrogen) atoms. The van der Waals surface area contributed by atoms with Crippen molar-refractivity contribution in [3.05, 3.63) is 82.9 Å². The summed E-state index contributed by atoms with van der Waals surface area (Å²) < 4.78 is 2.07. The monoisotopic (exact) mass is 385 g/mol. The number of imidazole rings is 1. The van der Waals surface area contributed by atoms with Crippen LogP contribution in [0.2, 0.25) is 0 Å². The van der Waals surface area contributed by atoms with Crippen molar-refractivity contribution in [2.45, 2.75) is 31.7 Å². The van der Waals surface area contributed by atoms with Gasteiger partial charge in [-0.3, -0.25) is 9.89 Å². The first-order valence-corrected chi connectivity index (χ1v) is 10.0. The zero-order valence-electron chi connectivity index (χ0n) is 16.4. The van der Waals surface area contributed by atoms with Crippen LogP contribution in [0, 0.1) is 0 Å². The van der Waals surface area contributed by atoms with Gasteiger partial charge in [0, 0.05) is 18.3 Å². The van der Waals surface area contributed by atoms with Crippen molar-refractivity contribution in [3.63, 3.8) is 0 Å². The normalized spacial score (nSPS) is 14.1. The molecule has 2 aromatic carbocycles. The Morgan fingerprint density at radius 2 is 1.93 bits per heavy atom. The highest BCUT2D eigenvalue weighted by Gasteiger charge is 2.27. The van der Waals surface area contributed by atoms with Crippen molar-refractivity contribution < 1.29 is 4.79 Å². The van der Waals surface area contributed by atoms with Crippen LogP contribution in [0.4, 0.5) is 0 Å². The van der Waals surface area contributed by atoms with Gasteiger partial charge in [0.25, 0.3) is 5.91 Å². The van der Waals surface area contributed by atoms with Crippen molar-refractivity contribution in [1.82, 2.24) is 25.1 Å². The van der Waals surface area contributed by atoms with E-state index in [1.807, 2.05) is 49.5 Å². The van der Waals surface area contributed by atoms with Crippen LogP contribution in [0.15, 0.2) is 54.6 Å². The van der Waals surface area contributed by atoms with Crippen LogP contribution in [0.1, 0.15) is 45.6 Å². The zero-order valence-corrected chi connectivity index (χ0v) is 16.4. The van der Waals surface area contributed by atoms with Crippen LogP contribution in [0.25, 0.3) is 11.0 Å². The van der Waals surface area contributed by atoms with Gasteiger partial charge in [-0.2, -0.15) is 5.10 Å². The molecule has 1 atom stereocenters.